The zero-order valence-corrected chi connectivity index (χ0v) is 14.8. The maximum Gasteiger partial charge on any atom is 0.221 e. The van der Waals surface area contributed by atoms with Gasteiger partial charge < -0.3 is 9.88 Å². The molecule has 0 spiro atoms. The van der Waals surface area contributed by atoms with Crippen LogP contribution in [0.1, 0.15) is 30.9 Å². The molecule has 1 aromatic carbocycles. The van der Waals surface area contributed by atoms with Crippen molar-refractivity contribution in [3.05, 3.63) is 53.3 Å². The summed E-state index contributed by atoms with van der Waals surface area (Å²) in [5.74, 6) is -0.387. The van der Waals surface area contributed by atoms with Gasteiger partial charge in [-0.3, -0.25) is 9.69 Å². The van der Waals surface area contributed by atoms with E-state index in [1.807, 2.05) is 10.8 Å². The van der Waals surface area contributed by atoms with Gasteiger partial charge >= 0.3 is 0 Å². The standard InChI is InChI=1S/C18H22ClFN4O/c19-14-4-3-5-15(20)18(14)16(24-8-1-2-9-24)12-22-17(25)6-10-23-11-7-21-13-23/h3-5,7,11,13,16H,1-2,6,8-10,12H2,(H,22,25). The molecule has 134 valence electrons. The average molecular weight is 365 g/mol. The molecule has 1 atom stereocenters. The Morgan fingerprint density at radius 1 is 1.36 bits per heavy atom. The van der Waals surface area contributed by atoms with Crippen molar-refractivity contribution in [1.82, 2.24) is 19.8 Å². The molecule has 7 heteroatoms. The molecular weight excluding hydrogens is 343 g/mol. The quantitative estimate of drug-likeness (QED) is 0.821. The van der Waals surface area contributed by atoms with Gasteiger partial charge in [0, 0.05) is 42.5 Å². The number of hydrogen-bond donors (Lipinski definition) is 1. The van der Waals surface area contributed by atoms with Gasteiger partial charge in [0.15, 0.2) is 0 Å². The van der Waals surface area contributed by atoms with Gasteiger partial charge in [-0.05, 0) is 38.1 Å². The highest BCUT2D eigenvalue weighted by atomic mass is 35.5. The summed E-state index contributed by atoms with van der Waals surface area (Å²) in [6, 6.07) is 4.48. The van der Waals surface area contributed by atoms with Crippen molar-refractivity contribution in [3.8, 4) is 0 Å². The fraction of sp³-hybridized carbons (Fsp3) is 0.444. The van der Waals surface area contributed by atoms with Crippen molar-refractivity contribution in [2.45, 2.75) is 31.8 Å². The Hall–Kier alpha value is -1.92. The largest absolute Gasteiger partial charge is 0.354 e. The number of nitrogens with one attached hydrogen (secondary N) is 1. The van der Waals surface area contributed by atoms with Gasteiger partial charge in [0.25, 0.3) is 0 Å². The van der Waals surface area contributed by atoms with Gasteiger partial charge in [-0.2, -0.15) is 0 Å². The predicted molar refractivity (Wildman–Crippen MR) is 94.8 cm³/mol. The molecule has 0 saturated carbocycles. The third-order valence-electron chi connectivity index (χ3n) is 4.56. The summed E-state index contributed by atoms with van der Waals surface area (Å²) >= 11 is 6.26. The molecule has 3 rings (SSSR count). The molecule has 1 amide bonds. The first-order valence-corrected chi connectivity index (χ1v) is 8.93. The second-order valence-corrected chi connectivity index (χ2v) is 6.66. The Morgan fingerprint density at radius 2 is 2.16 bits per heavy atom. The summed E-state index contributed by atoms with van der Waals surface area (Å²) in [5, 5.41) is 3.34. The predicted octanol–water partition coefficient (Wildman–Crippen LogP) is 3.02. The van der Waals surface area contributed by atoms with E-state index in [1.54, 1.807) is 24.7 Å². The minimum atomic E-state index is -0.322. The first-order valence-electron chi connectivity index (χ1n) is 8.55. The van der Waals surface area contributed by atoms with Crippen LogP contribution < -0.4 is 5.32 Å². The summed E-state index contributed by atoms with van der Waals surface area (Å²) in [6.07, 6.45) is 7.70. The Balaban J connectivity index is 1.65. The van der Waals surface area contributed by atoms with Crippen molar-refractivity contribution in [1.29, 1.82) is 0 Å². The van der Waals surface area contributed by atoms with Crippen molar-refractivity contribution >= 4 is 17.5 Å². The molecule has 1 saturated heterocycles. The van der Waals surface area contributed by atoms with Crippen LogP contribution in [0.3, 0.4) is 0 Å². The van der Waals surface area contributed by atoms with Crippen LogP contribution in [-0.2, 0) is 11.3 Å². The monoisotopic (exact) mass is 364 g/mol. The van der Waals surface area contributed by atoms with Crippen LogP contribution >= 0.6 is 11.6 Å². The number of halogens is 2. The number of hydrogen-bond acceptors (Lipinski definition) is 3. The summed E-state index contributed by atoms with van der Waals surface area (Å²) in [4.78, 5) is 18.3. The number of rotatable bonds is 7. The molecule has 1 aliphatic rings. The van der Waals surface area contributed by atoms with Crippen LogP contribution in [0.25, 0.3) is 0 Å². The highest BCUT2D eigenvalue weighted by Gasteiger charge is 2.28. The number of likely N-dealkylation sites (tertiary alicyclic amines) is 1. The minimum absolute atomic E-state index is 0.0645. The molecule has 0 radical (unpaired) electrons. The number of amides is 1. The van der Waals surface area contributed by atoms with Crippen molar-refractivity contribution in [2.24, 2.45) is 0 Å². The topological polar surface area (TPSA) is 50.2 Å². The SMILES string of the molecule is O=C(CCn1ccnc1)NCC(c1c(F)cccc1Cl)N1CCCC1. The van der Waals surface area contributed by atoms with Crippen LogP contribution in [0.2, 0.25) is 5.02 Å². The highest BCUT2D eigenvalue weighted by Crippen LogP contribution is 2.31. The third kappa shape index (κ3) is 4.58. The number of carbonyl (C=O) groups excluding carboxylic acids is 1. The van der Waals surface area contributed by atoms with E-state index in [0.717, 1.165) is 25.9 Å². The van der Waals surface area contributed by atoms with Crippen LogP contribution in [0.4, 0.5) is 4.39 Å². The molecule has 1 unspecified atom stereocenters. The Kier molecular flexibility index (Phi) is 6.04. The lowest BCUT2D eigenvalue weighted by Gasteiger charge is -2.29. The highest BCUT2D eigenvalue weighted by molar-refractivity contribution is 6.31. The van der Waals surface area contributed by atoms with E-state index in [4.69, 9.17) is 11.6 Å². The first-order chi connectivity index (χ1) is 12.1. The third-order valence-corrected chi connectivity index (χ3v) is 4.89. The molecule has 1 N–H and O–H groups in total. The van der Waals surface area contributed by atoms with Crippen LogP contribution in [0.15, 0.2) is 36.9 Å². The summed E-state index contributed by atoms with van der Waals surface area (Å²) in [5.41, 5.74) is 0.473. The molecular formula is C18H22ClFN4O. The fourth-order valence-electron chi connectivity index (χ4n) is 3.24. The second kappa shape index (κ2) is 8.45. The van der Waals surface area contributed by atoms with Crippen LogP contribution in [0, 0.1) is 5.82 Å². The molecule has 2 aromatic rings. The van der Waals surface area contributed by atoms with E-state index in [0.29, 0.717) is 30.1 Å². The minimum Gasteiger partial charge on any atom is -0.354 e. The van der Waals surface area contributed by atoms with Gasteiger partial charge in [0.1, 0.15) is 5.82 Å². The maximum atomic E-state index is 14.4. The van der Waals surface area contributed by atoms with Crippen LogP contribution in [0.5, 0.6) is 0 Å². The smallest absolute Gasteiger partial charge is 0.221 e. The van der Waals surface area contributed by atoms with Gasteiger partial charge in [-0.15, -0.1) is 0 Å². The van der Waals surface area contributed by atoms with Gasteiger partial charge in [-0.25, -0.2) is 9.37 Å². The number of aryl methyl sites for hydroxylation is 1. The number of carbonyl (C=O) groups is 1. The number of imidazole rings is 1. The molecule has 1 fully saturated rings. The second-order valence-electron chi connectivity index (χ2n) is 6.25. The normalized spacial score (nSPS) is 16.1. The molecule has 0 aliphatic carbocycles. The summed E-state index contributed by atoms with van der Waals surface area (Å²) in [6.45, 7) is 2.70. The molecule has 25 heavy (non-hydrogen) atoms. The van der Waals surface area contributed by atoms with Crippen molar-refractivity contribution in [2.75, 3.05) is 19.6 Å². The zero-order valence-electron chi connectivity index (χ0n) is 14.0. The van der Waals surface area contributed by atoms with E-state index >= 15 is 0 Å². The lowest BCUT2D eigenvalue weighted by molar-refractivity contribution is -0.121. The van der Waals surface area contributed by atoms with E-state index in [-0.39, 0.29) is 17.8 Å². The molecule has 5 nitrogen and oxygen atoms in total. The van der Waals surface area contributed by atoms with Crippen molar-refractivity contribution < 1.29 is 9.18 Å². The molecule has 1 aliphatic heterocycles. The Morgan fingerprint density at radius 3 is 2.84 bits per heavy atom. The summed E-state index contributed by atoms with van der Waals surface area (Å²) in [7, 11) is 0. The lowest BCUT2D eigenvalue weighted by Crippen LogP contribution is -2.37. The van der Waals surface area contributed by atoms with E-state index in [9.17, 15) is 9.18 Å². The lowest BCUT2D eigenvalue weighted by atomic mass is 10.0. The average Bonchev–Trinajstić information content (AvgIpc) is 3.29. The fourth-order valence-corrected chi connectivity index (χ4v) is 3.53. The first kappa shape index (κ1) is 17.9. The molecule has 2 heterocycles. The van der Waals surface area contributed by atoms with Crippen molar-refractivity contribution in [3.63, 3.8) is 0 Å². The number of nitrogens with zero attached hydrogens (tertiary/aromatic N) is 3. The van der Waals surface area contributed by atoms with E-state index in [2.05, 4.69) is 15.2 Å². The Labute approximate surface area is 151 Å². The maximum absolute atomic E-state index is 14.4. The van der Waals surface area contributed by atoms with Gasteiger partial charge in [-0.1, -0.05) is 17.7 Å². The number of benzene rings is 1. The van der Waals surface area contributed by atoms with Gasteiger partial charge in [0.2, 0.25) is 5.91 Å². The number of aromatic nitrogens is 2. The van der Waals surface area contributed by atoms with Gasteiger partial charge in [0.05, 0.1) is 12.4 Å². The Bertz CT molecular complexity index is 681. The molecule has 0 bridgehead atoms. The zero-order chi connectivity index (χ0) is 17.6. The molecule has 1 aromatic heterocycles. The van der Waals surface area contributed by atoms with E-state index in [1.165, 1.54) is 6.07 Å². The van der Waals surface area contributed by atoms with E-state index < -0.39 is 0 Å². The summed E-state index contributed by atoms with van der Waals surface area (Å²) < 4.78 is 16.2. The van der Waals surface area contributed by atoms with Crippen LogP contribution in [-0.4, -0.2) is 40.0 Å².